The third-order valence-corrected chi connectivity index (χ3v) is 4.25. The van der Waals surface area contributed by atoms with Crippen molar-refractivity contribution in [3.05, 3.63) is 29.3 Å². The standard InChI is InChI=1S/C13H20N2S/c1-10-3-4-13(11(2)7-10)15-5-6-16-9-12(15)8-14/h3-4,7,12H,5-6,8-9,14H2,1-2H3. The Kier molecular flexibility index (Phi) is 3.77. The molecule has 2 N–H and O–H groups in total. The molecule has 88 valence electrons. The summed E-state index contributed by atoms with van der Waals surface area (Å²) < 4.78 is 0. The van der Waals surface area contributed by atoms with Crippen LogP contribution in [0, 0.1) is 13.8 Å². The minimum Gasteiger partial charge on any atom is -0.365 e. The number of anilines is 1. The molecule has 0 amide bonds. The topological polar surface area (TPSA) is 29.3 Å². The zero-order valence-corrected chi connectivity index (χ0v) is 10.9. The van der Waals surface area contributed by atoms with E-state index < -0.39 is 0 Å². The minimum atomic E-state index is 0.500. The van der Waals surface area contributed by atoms with E-state index in [-0.39, 0.29) is 0 Å². The summed E-state index contributed by atoms with van der Waals surface area (Å²) in [6, 6.07) is 7.19. The van der Waals surface area contributed by atoms with E-state index in [1.165, 1.54) is 22.6 Å². The van der Waals surface area contributed by atoms with E-state index in [1.807, 2.05) is 11.8 Å². The SMILES string of the molecule is Cc1ccc(N2CCSCC2CN)c(C)c1. The number of hydrogen-bond acceptors (Lipinski definition) is 3. The molecular formula is C13H20N2S. The molecule has 2 rings (SSSR count). The lowest BCUT2D eigenvalue weighted by atomic mass is 10.1. The van der Waals surface area contributed by atoms with Crippen LogP contribution in [-0.2, 0) is 0 Å². The first-order chi connectivity index (χ1) is 7.72. The molecule has 1 aromatic rings. The monoisotopic (exact) mass is 236 g/mol. The highest BCUT2D eigenvalue weighted by molar-refractivity contribution is 7.99. The Morgan fingerprint density at radius 3 is 2.94 bits per heavy atom. The summed E-state index contributed by atoms with van der Waals surface area (Å²) in [5.41, 5.74) is 9.91. The van der Waals surface area contributed by atoms with E-state index in [4.69, 9.17) is 5.73 Å². The third-order valence-electron chi connectivity index (χ3n) is 3.16. The van der Waals surface area contributed by atoms with Gasteiger partial charge in [0.1, 0.15) is 0 Å². The van der Waals surface area contributed by atoms with Crippen LogP contribution in [0.5, 0.6) is 0 Å². The fraction of sp³-hybridized carbons (Fsp3) is 0.538. The van der Waals surface area contributed by atoms with E-state index in [1.54, 1.807) is 0 Å². The lowest BCUT2D eigenvalue weighted by Gasteiger charge is -2.37. The lowest BCUT2D eigenvalue weighted by Crippen LogP contribution is -2.47. The van der Waals surface area contributed by atoms with E-state index in [2.05, 4.69) is 36.9 Å². The molecule has 2 nitrogen and oxygen atoms in total. The third kappa shape index (κ3) is 2.36. The first kappa shape index (κ1) is 11.8. The van der Waals surface area contributed by atoms with Gasteiger partial charge in [-0.25, -0.2) is 0 Å². The number of aryl methyl sites for hydroxylation is 2. The van der Waals surface area contributed by atoms with Gasteiger partial charge in [-0.05, 0) is 25.5 Å². The molecule has 0 spiro atoms. The van der Waals surface area contributed by atoms with E-state index in [9.17, 15) is 0 Å². The van der Waals surface area contributed by atoms with Crippen LogP contribution in [0.2, 0.25) is 0 Å². The summed E-state index contributed by atoms with van der Waals surface area (Å²) in [5.74, 6) is 2.37. The van der Waals surface area contributed by atoms with Crippen LogP contribution in [0.1, 0.15) is 11.1 Å². The molecule has 1 saturated heterocycles. The van der Waals surface area contributed by atoms with Crippen molar-refractivity contribution in [3.8, 4) is 0 Å². The predicted molar refractivity (Wildman–Crippen MR) is 73.4 cm³/mol. The van der Waals surface area contributed by atoms with Crippen molar-refractivity contribution in [2.75, 3.05) is 29.5 Å². The highest BCUT2D eigenvalue weighted by atomic mass is 32.2. The summed E-state index contributed by atoms with van der Waals surface area (Å²) in [7, 11) is 0. The van der Waals surface area contributed by atoms with Crippen LogP contribution in [0.25, 0.3) is 0 Å². The first-order valence-electron chi connectivity index (χ1n) is 5.84. The Labute approximate surface area is 102 Å². The second-order valence-electron chi connectivity index (χ2n) is 4.45. The maximum Gasteiger partial charge on any atom is 0.0503 e. The maximum absolute atomic E-state index is 5.86. The van der Waals surface area contributed by atoms with Crippen LogP contribution >= 0.6 is 11.8 Å². The molecule has 1 fully saturated rings. The van der Waals surface area contributed by atoms with Crippen molar-refractivity contribution < 1.29 is 0 Å². The number of benzene rings is 1. The Balaban J connectivity index is 2.27. The molecule has 0 saturated carbocycles. The van der Waals surface area contributed by atoms with Crippen molar-refractivity contribution in [1.82, 2.24) is 0 Å². The zero-order valence-electron chi connectivity index (χ0n) is 10.1. The molecule has 1 aliphatic rings. The molecule has 0 radical (unpaired) electrons. The molecule has 0 aromatic heterocycles. The lowest BCUT2D eigenvalue weighted by molar-refractivity contribution is 0.653. The van der Waals surface area contributed by atoms with Gasteiger partial charge in [0.15, 0.2) is 0 Å². The summed E-state index contributed by atoms with van der Waals surface area (Å²) in [5, 5.41) is 0. The molecule has 16 heavy (non-hydrogen) atoms. The van der Waals surface area contributed by atoms with E-state index in [0.717, 1.165) is 18.8 Å². The molecule has 0 bridgehead atoms. The second-order valence-corrected chi connectivity index (χ2v) is 5.60. The van der Waals surface area contributed by atoms with Crippen LogP contribution in [0.15, 0.2) is 18.2 Å². The number of rotatable bonds is 2. The van der Waals surface area contributed by atoms with Crippen molar-refractivity contribution in [2.24, 2.45) is 5.73 Å². The predicted octanol–water partition coefficient (Wildman–Crippen LogP) is 2.18. The van der Waals surface area contributed by atoms with Crippen LogP contribution in [0.3, 0.4) is 0 Å². The van der Waals surface area contributed by atoms with Crippen molar-refractivity contribution in [3.63, 3.8) is 0 Å². The van der Waals surface area contributed by atoms with Crippen LogP contribution in [0.4, 0.5) is 5.69 Å². The van der Waals surface area contributed by atoms with Crippen LogP contribution in [-0.4, -0.2) is 30.6 Å². The molecule has 1 heterocycles. The van der Waals surface area contributed by atoms with Crippen molar-refractivity contribution in [2.45, 2.75) is 19.9 Å². The van der Waals surface area contributed by atoms with Crippen molar-refractivity contribution >= 4 is 17.4 Å². The van der Waals surface area contributed by atoms with Crippen molar-refractivity contribution in [1.29, 1.82) is 0 Å². The summed E-state index contributed by atoms with van der Waals surface area (Å²) in [6.45, 7) is 6.21. The highest BCUT2D eigenvalue weighted by Gasteiger charge is 2.22. The Morgan fingerprint density at radius 1 is 1.44 bits per heavy atom. The van der Waals surface area contributed by atoms with E-state index in [0.29, 0.717) is 6.04 Å². The van der Waals surface area contributed by atoms with Gasteiger partial charge in [-0.1, -0.05) is 17.7 Å². The number of nitrogens with zero attached hydrogens (tertiary/aromatic N) is 1. The molecule has 1 atom stereocenters. The average molecular weight is 236 g/mol. The molecule has 1 unspecified atom stereocenters. The summed E-state index contributed by atoms with van der Waals surface area (Å²) in [4.78, 5) is 2.48. The Morgan fingerprint density at radius 2 is 2.25 bits per heavy atom. The van der Waals surface area contributed by atoms with Gasteiger partial charge >= 0.3 is 0 Å². The Bertz CT molecular complexity index is 365. The molecule has 3 heteroatoms. The number of thioether (sulfide) groups is 1. The highest BCUT2D eigenvalue weighted by Crippen LogP contribution is 2.27. The largest absolute Gasteiger partial charge is 0.365 e. The quantitative estimate of drug-likeness (QED) is 0.853. The fourth-order valence-electron chi connectivity index (χ4n) is 2.29. The van der Waals surface area contributed by atoms with Gasteiger partial charge in [0.2, 0.25) is 0 Å². The summed E-state index contributed by atoms with van der Waals surface area (Å²) in [6.07, 6.45) is 0. The second kappa shape index (κ2) is 5.11. The van der Waals surface area contributed by atoms with Gasteiger partial charge < -0.3 is 10.6 Å². The van der Waals surface area contributed by atoms with Gasteiger partial charge in [0.05, 0.1) is 6.04 Å². The van der Waals surface area contributed by atoms with Gasteiger partial charge in [0.25, 0.3) is 0 Å². The first-order valence-corrected chi connectivity index (χ1v) is 6.99. The van der Waals surface area contributed by atoms with Crippen LogP contribution < -0.4 is 10.6 Å². The summed E-state index contributed by atoms with van der Waals surface area (Å²) >= 11 is 2.01. The van der Waals surface area contributed by atoms with Gasteiger partial charge in [-0.15, -0.1) is 0 Å². The molecule has 1 aromatic carbocycles. The average Bonchev–Trinajstić information content (AvgIpc) is 2.29. The Hall–Kier alpha value is -0.670. The van der Waals surface area contributed by atoms with Gasteiger partial charge in [0, 0.05) is 30.3 Å². The maximum atomic E-state index is 5.86. The molecule has 0 aliphatic carbocycles. The van der Waals surface area contributed by atoms with Gasteiger partial charge in [-0.2, -0.15) is 11.8 Å². The molecule has 1 aliphatic heterocycles. The van der Waals surface area contributed by atoms with E-state index >= 15 is 0 Å². The molecular weight excluding hydrogens is 216 g/mol. The normalized spacial score (nSPS) is 21.2. The number of hydrogen-bond donors (Lipinski definition) is 1. The fourth-order valence-corrected chi connectivity index (χ4v) is 3.38. The number of nitrogens with two attached hydrogens (primary N) is 1. The van der Waals surface area contributed by atoms with Gasteiger partial charge in [-0.3, -0.25) is 0 Å². The minimum absolute atomic E-state index is 0.500. The smallest absolute Gasteiger partial charge is 0.0503 e. The zero-order chi connectivity index (χ0) is 11.5.